The molecule has 0 amide bonds. The highest BCUT2D eigenvalue weighted by molar-refractivity contribution is 9.08. The normalized spacial score (nSPS) is 10.2. The van der Waals surface area contributed by atoms with Crippen molar-refractivity contribution in [1.82, 2.24) is 0 Å². The molecule has 0 saturated carbocycles. The van der Waals surface area contributed by atoms with Gasteiger partial charge >= 0.3 is 5.69 Å². The first-order valence-electron chi connectivity index (χ1n) is 5.68. The fraction of sp³-hybridized carbons (Fsp3) is 0.143. The molecule has 5 heteroatoms. The zero-order chi connectivity index (χ0) is 13.8. The molecule has 0 fully saturated rings. The summed E-state index contributed by atoms with van der Waals surface area (Å²) >= 11 is 3.36. The Morgan fingerprint density at radius 1 is 1.21 bits per heavy atom. The number of hydrogen-bond donors (Lipinski definition) is 0. The molecule has 0 atom stereocenters. The van der Waals surface area contributed by atoms with Gasteiger partial charge in [0.2, 0.25) is 5.75 Å². The second kappa shape index (κ2) is 5.84. The molecule has 0 spiro atoms. The third kappa shape index (κ3) is 3.32. The third-order valence-electron chi connectivity index (χ3n) is 2.62. The highest BCUT2D eigenvalue weighted by atomic mass is 79.9. The molecule has 0 bridgehead atoms. The minimum atomic E-state index is -0.435. The Labute approximate surface area is 119 Å². The van der Waals surface area contributed by atoms with E-state index >= 15 is 0 Å². The summed E-state index contributed by atoms with van der Waals surface area (Å²) in [6, 6.07) is 12.3. The molecule has 0 aliphatic rings. The van der Waals surface area contributed by atoms with E-state index in [0.717, 1.165) is 16.5 Å². The molecular formula is C14H12BrNO3. The molecule has 0 N–H and O–H groups in total. The van der Waals surface area contributed by atoms with Crippen molar-refractivity contribution in [3.8, 4) is 11.5 Å². The summed E-state index contributed by atoms with van der Waals surface area (Å²) in [7, 11) is 0. The smallest absolute Gasteiger partial charge is 0.311 e. The standard InChI is InChI=1S/C14H12BrNO3/c1-10-2-7-14(13(8-10)16(17)18)19-12-5-3-11(9-15)4-6-12/h2-8H,9H2,1H3. The minimum Gasteiger partial charge on any atom is -0.450 e. The van der Waals surface area contributed by atoms with E-state index in [0.29, 0.717) is 5.75 Å². The van der Waals surface area contributed by atoms with Gasteiger partial charge in [-0.05, 0) is 36.2 Å². The Kier molecular flexibility index (Phi) is 4.16. The van der Waals surface area contributed by atoms with Gasteiger partial charge in [-0.25, -0.2) is 0 Å². The van der Waals surface area contributed by atoms with Crippen LogP contribution in [0.3, 0.4) is 0 Å². The number of aryl methyl sites for hydroxylation is 1. The van der Waals surface area contributed by atoms with Crippen molar-refractivity contribution >= 4 is 21.6 Å². The average molecular weight is 322 g/mol. The van der Waals surface area contributed by atoms with E-state index in [9.17, 15) is 10.1 Å². The van der Waals surface area contributed by atoms with Gasteiger partial charge in [0.05, 0.1) is 4.92 Å². The SMILES string of the molecule is Cc1ccc(Oc2ccc(CBr)cc2)c([N+](=O)[O-])c1. The van der Waals surface area contributed by atoms with Crippen molar-refractivity contribution in [2.75, 3.05) is 0 Å². The highest BCUT2D eigenvalue weighted by Gasteiger charge is 2.15. The topological polar surface area (TPSA) is 52.4 Å². The average Bonchev–Trinajstić information content (AvgIpc) is 2.41. The van der Waals surface area contributed by atoms with Crippen molar-refractivity contribution in [2.45, 2.75) is 12.3 Å². The number of nitro groups is 1. The van der Waals surface area contributed by atoms with Gasteiger partial charge < -0.3 is 4.74 Å². The van der Waals surface area contributed by atoms with Crippen LogP contribution in [-0.2, 0) is 5.33 Å². The Morgan fingerprint density at radius 3 is 2.47 bits per heavy atom. The number of nitro benzene ring substituents is 1. The van der Waals surface area contributed by atoms with Crippen LogP contribution in [0.4, 0.5) is 5.69 Å². The number of ether oxygens (including phenoxy) is 1. The number of rotatable bonds is 4. The summed E-state index contributed by atoms with van der Waals surface area (Å²) in [5.74, 6) is 0.832. The summed E-state index contributed by atoms with van der Waals surface area (Å²) in [6.07, 6.45) is 0. The van der Waals surface area contributed by atoms with Gasteiger partial charge in [0.25, 0.3) is 0 Å². The van der Waals surface area contributed by atoms with E-state index in [-0.39, 0.29) is 11.4 Å². The van der Waals surface area contributed by atoms with Crippen molar-refractivity contribution in [1.29, 1.82) is 0 Å². The quantitative estimate of drug-likeness (QED) is 0.470. The molecule has 4 nitrogen and oxygen atoms in total. The maximum atomic E-state index is 11.0. The van der Waals surface area contributed by atoms with E-state index in [1.54, 1.807) is 24.3 Å². The van der Waals surface area contributed by atoms with Gasteiger partial charge in [-0.15, -0.1) is 0 Å². The van der Waals surface area contributed by atoms with Crippen LogP contribution in [-0.4, -0.2) is 4.92 Å². The van der Waals surface area contributed by atoms with Crippen LogP contribution in [0.1, 0.15) is 11.1 Å². The predicted octanol–water partition coefficient (Wildman–Crippen LogP) is 4.59. The zero-order valence-electron chi connectivity index (χ0n) is 10.3. The summed E-state index contributed by atoms with van der Waals surface area (Å²) in [5, 5.41) is 11.7. The predicted molar refractivity (Wildman–Crippen MR) is 77.0 cm³/mol. The lowest BCUT2D eigenvalue weighted by molar-refractivity contribution is -0.385. The molecule has 0 heterocycles. The number of halogens is 1. The van der Waals surface area contributed by atoms with E-state index in [1.165, 1.54) is 6.07 Å². The van der Waals surface area contributed by atoms with Gasteiger partial charge in [0, 0.05) is 11.4 Å². The monoisotopic (exact) mass is 321 g/mol. The van der Waals surface area contributed by atoms with Gasteiger partial charge in [0.15, 0.2) is 0 Å². The van der Waals surface area contributed by atoms with Gasteiger partial charge in [0.1, 0.15) is 5.75 Å². The fourth-order valence-corrected chi connectivity index (χ4v) is 2.00. The molecule has 0 aliphatic heterocycles. The number of alkyl halides is 1. The van der Waals surface area contributed by atoms with E-state index in [1.807, 2.05) is 19.1 Å². The minimum absolute atomic E-state index is 0.0235. The van der Waals surface area contributed by atoms with Crippen LogP contribution in [0, 0.1) is 17.0 Å². The molecule has 0 aliphatic carbocycles. The third-order valence-corrected chi connectivity index (χ3v) is 3.26. The van der Waals surface area contributed by atoms with Crippen molar-refractivity contribution in [2.24, 2.45) is 0 Å². The Morgan fingerprint density at radius 2 is 1.89 bits per heavy atom. The zero-order valence-corrected chi connectivity index (χ0v) is 11.9. The molecule has 2 rings (SSSR count). The first-order chi connectivity index (χ1) is 9.10. The van der Waals surface area contributed by atoms with Crippen molar-refractivity contribution in [3.63, 3.8) is 0 Å². The summed E-state index contributed by atoms with van der Waals surface area (Å²) in [4.78, 5) is 10.5. The molecule has 0 radical (unpaired) electrons. The maximum Gasteiger partial charge on any atom is 0.311 e. The molecule has 19 heavy (non-hydrogen) atoms. The number of benzene rings is 2. The molecule has 0 unspecified atom stereocenters. The van der Waals surface area contributed by atoms with E-state index in [2.05, 4.69) is 15.9 Å². The molecule has 2 aromatic rings. The first-order valence-corrected chi connectivity index (χ1v) is 6.80. The van der Waals surface area contributed by atoms with Gasteiger partial charge in [-0.1, -0.05) is 34.1 Å². The van der Waals surface area contributed by atoms with Crippen LogP contribution in [0.2, 0.25) is 0 Å². The molecule has 2 aromatic carbocycles. The van der Waals surface area contributed by atoms with Crippen LogP contribution >= 0.6 is 15.9 Å². The van der Waals surface area contributed by atoms with Crippen LogP contribution in [0.25, 0.3) is 0 Å². The Bertz CT molecular complexity index is 596. The Hall–Kier alpha value is -1.88. The van der Waals surface area contributed by atoms with Crippen molar-refractivity contribution < 1.29 is 9.66 Å². The maximum absolute atomic E-state index is 11.0. The summed E-state index contributed by atoms with van der Waals surface area (Å²) in [6.45, 7) is 1.81. The fourth-order valence-electron chi connectivity index (χ4n) is 1.63. The lowest BCUT2D eigenvalue weighted by Gasteiger charge is -2.07. The van der Waals surface area contributed by atoms with Crippen LogP contribution < -0.4 is 4.74 Å². The number of hydrogen-bond acceptors (Lipinski definition) is 3. The molecular weight excluding hydrogens is 310 g/mol. The first kappa shape index (κ1) is 13.5. The lowest BCUT2D eigenvalue weighted by Crippen LogP contribution is -1.94. The second-order valence-electron chi connectivity index (χ2n) is 4.11. The lowest BCUT2D eigenvalue weighted by atomic mass is 10.2. The molecule has 98 valence electrons. The van der Waals surface area contributed by atoms with Gasteiger partial charge in [-0.2, -0.15) is 0 Å². The highest BCUT2D eigenvalue weighted by Crippen LogP contribution is 2.32. The van der Waals surface area contributed by atoms with E-state index in [4.69, 9.17) is 4.74 Å². The van der Waals surface area contributed by atoms with E-state index < -0.39 is 4.92 Å². The van der Waals surface area contributed by atoms with Crippen LogP contribution in [0.15, 0.2) is 42.5 Å². The summed E-state index contributed by atoms with van der Waals surface area (Å²) < 4.78 is 5.57. The van der Waals surface area contributed by atoms with Crippen LogP contribution in [0.5, 0.6) is 11.5 Å². The largest absolute Gasteiger partial charge is 0.450 e. The van der Waals surface area contributed by atoms with Crippen molar-refractivity contribution in [3.05, 3.63) is 63.7 Å². The summed E-state index contributed by atoms with van der Waals surface area (Å²) in [5.41, 5.74) is 1.92. The van der Waals surface area contributed by atoms with Gasteiger partial charge in [-0.3, -0.25) is 10.1 Å². The molecule has 0 saturated heterocycles. The Balaban J connectivity index is 2.29. The molecule has 0 aromatic heterocycles. The number of nitrogens with zero attached hydrogens (tertiary/aromatic N) is 1. The second-order valence-corrected chi connectivity index (χ2v) is 4.67.